The summed E-state index contributed by atoms with van der Waals surface area (Å²) >= 11 is 0. The number of ether oxygens (including phenoxy) is 2. The van der Waals surface area contributed by atoms with Crippen molar-refractivity contribution in [2.75, 3.05) is 19.7 Å². The molecule has 1 atom stereocenters. The zero-order valence-electron chi connectivity index (χ0n) is 12.4. The Morgan fingerprint density at radius 2 is 2.11 bits per heavy atom. The van der Waals surface area contributed by atoms with Crippen LogP contribution < -0.4 is 5.32 Å². The SMILES string of the molecule is CC(C)C(CN1CCOC1=O)NC(=O)OC(C)(C)C. The molecule has 2 amide bonds. The van der Waals surface area contributed by atoms with Crippen LogP contribution >= 0.6 is 0 Å². The van der Waals surface area contributed by atoms with E-state index < -0.39 is 11.7 Å². The molecule has 0 spiro atoms. The predicted molar refractivity (Wildman–Crippen MR) is 70.9 cm³/mol. The third kappa shape index (κ3) is 5.36. The van der Waals surface area contributed by atoms with Crippen LogP contribution in [0.1, 0.15) is 34.6 Å². The molecule has 6 heteroatoms. The summed E-state index contributed by atoms with van der Waals surface area (Å²) < 4.78 is 10.1. The zero-order valence-corrected chi connectivity index (χ0v) is 12.4. The van der Waals surface area contributed by atoms with Gasteiger partial charge in [-0.05, 0) is 26.7 Å². The number of nitrogens with zero attached hydrogens (tertiary/aromatic N) is 1. The highest BCUT2D eigenvalue weighted by Gasteiger charge is 2.28. The van der Waals surface area contributed by atoms with E-state index in [1.54, 1.807) is 4.90 Å². The van der Waals surface area contributed by atoms with Crippen molar-refractivity contribution in [1.82, 2.24) is 10.2 Å². The van der Waals surface area contributed by atoms with Gasteiger partial charge in [0.25, 0.3) is 0 Å². The summed E-state index contributed by atoms with van der Waals surface area (Å²) in [6.45, 7) is 10.8. The van der Waals surface area contributed by atoms with E-state index in [0.29, 0.717) is 19.7 Å². The molecule has 0 saturated carbocycles. The quantitative estimate of drug-likeness (QED) is 0.849. The molecule has 0 aromatic heterocycles. The van der Waals surface area contributed by atoms with Gasteiger partial charge in [0.05, 0.1) is 12.6 Å². The van der Waals surface area contributed by atoms with E-state index in [-0.39, 0.29) is 18.1 Å². The van der Waals surface area contributed by atoms with Crippen molar-refractivity contribution in [3.8, 4) is 0 Å². The fraction of sp³-hybridized carbons (Fsp3) is 0.846. The smallest absolute Gasteiger partial charge is 0.410 e. The summed E-state index contributed by atoms with van der Waals surface area (Å²) in [5.41, 5.74) is -0.530. The first-order valence-electron chi connectivity index (χ1n) is 6.60. The molecule has 1 saturated heterocycles. The van der Waals surface area contributed by atoms with Crippen LogP contribution in [0.3, 0.4) is 0 Å². The fourth-order valence-electron chi connectivity index (χ4n) is 1.71. The van der Waals surface area contributed by atoms with Crippen molar-refractivity contribution in [1.29, 1.82) is 0 Å². The van der Waals surface area contributed by atoms with Gasteiger partial charge < -0.3 is 19.7 Å². The summed E-state index contributed by atoms with van der Waals surface area (Å²) in [6, 6.07) is -0.152. The first kappa shape index (κ1) is 15.6. The van der Waals surface area contributed by atoms with Crippen LogP contribution in [0, 0.1) is 5.92 Å². The number of carbonyl (C=O) groups is 2. The van der Waals surface area contributed by atoms with Crippen LogP contribution in [0.2, 0.25) is 0 Å². The standard InChI is InChI=1S/C13H24N2O4/c1-9(2)10(8-15-6-7-18-12(15)17)14-11(16)19-13(3,4)5/h9-10H,6-8H2,1-5H3,(H,14,16). The van der Waals surface area contributed by atoms with E-state index >= 15 is 0 Å². The summed E-state index contributed by atoms with van der Waals surface area (Å²) in [5, 5.41) is 2.81. The Balaban J connectivity index is 2.53. The average molecular weight is 272 g/mol. The molecular formula is C13H24N2O4. The van der Waals surface area contributed by atoms with Crippen LogP contribution in [-0.4, -0.2) is 48.4 Å². The first-order valence-corrected chi connectivity index (χ1v) is 6.60. The topological polar surface area (TPSA) is 67.9 Å². The van der Waals surface area contributed by atoms with Crippen molar-refractivity contribution in [2.24, 2.45) is 5.92 Å². The van der Waals surface area contributed by atoms with Gasteiger partial charge >= 0.3 is 12.2 Å². The van der Waals surface area contributed by atoms with Crippen LogP contribution in [0.25, 0.3) is 0 Å². The summed E-state index contributed by atoms with van der Waals surface area (Å²) in [5.74, 6) is 0.195. The molecule has 1 aliphatic rings. The largest absolute Gasteiger partial charge is 0.448 e. The molecular weight excluding hydrogens is 248 g/mol. The number of rotatable bonds is 4. The van der Waals surface area contributed by atoms with Gasteiger partial charge in [0, 0.05) is 6.54 Å². The van der Waals surface area contributed by atoms with Gasteiger partial charge in [-0.1, -0.05) is 13.8 Å². The van der Waals surface area contributed by atoms with Crippen LogP contribution in [0.5, 0.6) is 0 Å². The third-order valence-electron chi connectivity index (χ3n) is 2.77. The lowest BCUT2D eigenvalue weighted by Crippen LogP contribution is -2.48. The Hall–Kier alpha value is -1.46. The molecule has 110 valence electrons. The fourth-order valence-corrected chi connectivity index (χ4v) is 1.71. The molecule has 6 nitrogen and oxygen atoms in total. The van der Waals surface area contributed by atoms with Crippen molar-refractivity contribution in [3.63, 3.8) is 0 Å². The number of hydrogen-bond donors (Lipinski definition) is 1. The van der Waals surface area contributed by atoms with Crippen LogP contribution in [0.15, 0.2) is 0 Å². The van der Waals surface area contributed by atoms with Crippen molar-refractivity contribution in [3.05, 3.63) is 0 Å². The molecule has 1 heterocycles. The maximum Gasteiger partial charge on any atom is 0.410 e. The molecule has 1 fully saturated rings. The molecule has 0 aliphatic carbocycles. The minimum atomic E-state index is -0.530. The van der Waals surface area contributed by atoms with E-state index in [1.165, 1.54) is 0 Å². The highest BCUT2D eigenvalue weighted by Crippen LogP contribution is 2.11. The third-order valence-corrected chi connectivity index (χ3v) is 2.77. The van der Waals surface area contributed by atoms with Gasteiger partial charge in [0.15, 0.2) is 0 Å². The highest BCUT2D eigenvalue weighted by molar-refractivity contribution is 5.70. The van der Waals surface area contributed by atoms with Crippen molar-refractivity contribution < 1.29 is 19.1 Å². The lowest BCUT2D eigenvalue weighted by Gasteiger charge is -2.28. The van der Waals surface area contributed by atoms with Crippen molar-refractivity contribution in [2.45, 2.75) is 46.3 Å². The monoisotopic (exact) mass is 272 g/mol. The maximum absolute atomic E-state index is 11.8. The Labute approximate surface area is 114 Å². The molecule has 0 bridgehead atoms. The Bertz CT molecular complexity index is 336. The molecule has 0 aromatic rings. The Morgan fingerprint density at radius 1 is 1.47 bits per heavy atom. The van der Waals surface area contributed by atoms with Gasteiger partial charge in [-0.2, -0.15) is 0 Å². The second-order valence-corrected chi connectivity index (χ2v) is 6.06. The minimum Gasteiger partial charge on any atom is -0.448 e. The molecule has 1 rings (SSSR count). The number of amides is 2. The second kappa shape index (κ2) is 6.12. The molecule has 1 aliphatic heterocycles. The number of cyclic esters (lactones) is 1. The summed E-state index contributed by atoms with van der Waals surface area (Å²) in [6.07, 6.45) is -0.782. The van der Waals surface area contributed by atoms with Gasteiger partial charge in [-0.25, -0.2) is 9.59 Å². The van der Waals surface area contributed by atoms with E-state index in [9.17, 15) is 9.59 Å². The van der Waals surface area contributed by atoms with Crippen molar-refractivity contribution >= 4 is 12.2 Å². The highest BCUT2D eigenvalue weighted by atomic mass is 16.6. The number of nitrogens with one attached hydrogen (secondary N) is 1. The first-order chi connectivity index (χ1) is 8.69. The van der Waals surface area contributed by atoms with E-state index in [2.05, 4.69) is 5.32 Å². The second-order valence-electron chi connectivity index (χ2n) is 6.06. The Kier molecular flexibility index (Phi) is 5.03. The van der Waals surface area contributed by atoms with Crippen LogP contribution in [0.4, 0.5) is 9.59 Å². The number of alkyl carbamates (subject to hydrolysis) is 1. The maximum atomic E-state index is 11.8. The lowest BCUT2D eigenvalue weighted by molar-refractivity contribution is 0.0478. The summed E-state index contributed by atoms with van der Waals surface area (Å²) in [7, 11) is 0. The molecule has 0 radical (unpaired) electrons. The minimum absolute atomic E-state index is 0.152. The number of carbonyl (C=O) groups excluding carboxylic acids is 2. The molecule has 19 heavy (non-hydrogen) atoms. The van der Waals surface area contributed by atoms with E-state index in [4.69, 9.17) is 9.47 Å². The van der Waals surface area contributed by atoms with E-state index in [1.807, 2.05) is 34.6 Å². The number of hydrogen-bond acceptors (Lipinski definition) is 4. The molecule has 1 N–H and O–H groups in total. The van der Waals surface area contributed by atoms with Gasteiger partial charge in [0.2, 0.25) is 0 Å². The molecule has 1 unspecified atom stereocenters. The van der Waals surface area contributed by atoms with Gasteiger partial charge in [-0.3, -0.25) is 0 Å². The average Bonchev–Trinajstić information content (AvgIpc) is 2.60. The van der Waals surface area contributed by atoms with Gasteiger partial charge in [0.1, 0.15) is 12.2 Å². The van der Waals surface area contributed by atoms with E-state index in [0.717, 1.165) is 0 Å². The predicted octanol–water partition coefficient (Wildman–Crippen LogP) is 1.99. The molecule has 0 aromatic carbocycles. The zero-order chi connectivity index (χ0) is 14.6. The van der Waals surface area contributed by atoms with Gasteiger partial charge in [-0.15, -0.1) is 0 Å². The lowest BCUT2D eigenvalue weighted by atomic mass is 10.0. The summed E-state index contributed by atoms with van der Waals surface area (Å²) in [4.78, 5) is 24.8. The Morgan fingerprint density at radius 3 is 2.53 bits per heavy atom. The van der Waals surface area contributed by atoms with Crippen LogP contribution in [-0.2, 0) is 9.47 Å². The normalized spacial score (nSPS) is 17.4.